The quantitative estimate of drug-likeness (QED) is 0.436. The van der Waals surface area contributed by atoms with Gasteiger partial charge in [-0.25, -0.2) is 0 Å². The molecule has 0 fully saturated rings. The minimum absolute atomic E-state index is 0. The van der Waals surface area contributed by atoms with Gasteiger partial charge in [0, 0.05) is 0 Å². The number of halogens is 1. The Hall–Kier alpha value is -0.820. The molecule has 0 aliphatic rings. The average Bonchev–Trinajstić information content (AvgIpc) is 2.25. The highest BCUT2D eigenvalue weighted by molar-refractivity contribution is 14.0. The smallest absolute Gasteiger partial charge is 0.186 e. The van der Waals surface area contributed by atoms with Crippen molar-refractivity contribution in [1.29, 1.82) is 0 Å². The first kappa shape index (κ1) is 17.2. The van der Waals surface area contributed by atoms with Crippen molar-refractivity contribution >= 4 is 29.9 Å². The predicted octanol–water partition coefficient (Wildman–Crippen LogP) is 1.91. The SMILES string of the molecule is CC(C)(C)c1ccc(C(O)CN=C(N)N)cc1.I. The first-order valence-corrected chi connectivity index (χ1v) is 5.64. The minimum Gasteiger partial charge on any atom is -0.386 e. The summed E-state index contributed by atoms with van der Waals surface area (Å²) in [4.78, 5) is 3.79. The number of guanidine groups is 1. The molecule has 1 unspecified atom stereocenters. The Labute approximate surface area is 125 Å². The van der Waals surface area contributed by atoms with Crippen molar-refractivity contribution in [2.45, 2.75) is 32.3 Å². The van der Waals surface area contributed by atoms with Crippen LogP contribution in [-0.4, -0.2) is 17.6 Å². The van der Waals surface area contributed by atoms with E-state index in [9.17, 15) is 5.11 Å². The largest absolute Gasteiger partial charge is 0.386 e. The summed E-state index contributed by atoms with van der Waals surface area (Å²) in [6.07, 6.45) is -0.661. The van der Waals surface area contributed by atoms with E-state index in [1.54, 1.807) is 0 Å². The number of hydrogen-bond donors (Lipinski definition) is 3. The van der Waals surface area contributed by atoms with Crippen LogP contribution in [0.5, 0.6) is 0 Å². The lowest BCUT2D eigenvalue weighted by Crippen LogP contribution is -2.23. The molecule has 4 nitrogen and oxygen atoms in total. The second-order valence-corrected chi connectivity index (χ2v) is 5.15. The lowest BCUT2D eigenvalue weighted by Gasteiger charge is -2.19. The molecule has 1 aromatic carbocycles. The Bertz CT molecular complexity index is 392. The normalized spacial score (nSPS) is 12.4. The van der Waals surface area contributed by atoms with Crippen LogP contribution in [0.2, 0.25) is 0 Å². The zero-order chi connectivity index (χ0) is 13.1. The molecule has 0 bridgehead atoms. The molecule has 1 aromatic rings. The summed E-state index contributed by atoms with van der Waals surface area (Å²) in [5.41, 5.74) is 12.6. The lowest BCUT2D eigenvalue weighted by atomic mass is 9.86. The number of nitrogens with zero attached hydrogens (tertiary/aromatic N) is 1. The molecular formula is C13H22IN3O. The van der Waals surface area contributed by atoms with E-state index < -0.39 is 6.10 Å². The highest BCUT2D eigenvalue weighted by Gasteiger charge is 2.14. The van der Waals surface area contributed by atoms with Crippen LogP contribution in [-0.2, 0) is 5.41 Å². The zero-order valence-electron chi connectivity index (χ0n) is 11.1. The van der Waals surface area contributed by atoms with Crippen LogP contribution < -0.4 is 11.5 Å². The van der Waals surface area contributed by atoms with Crippen LogP contribution in [0.15, 0.2) is 29.3 Å². The Morgan fingerprint density at radius 1 is 1.22 bits per heavy atom. The van der Waals surface area contributed by atoms with Crippen molar-refractivity contribution in [3.63, 3.8) is 0 Å². The van der Waals surface area contributed by atoms with Gasteiger partial charge in [0.1, 0.15) is 0 Å². The molecule has 102 valence electrons. The van der Waals surface area contributed by atoms with Gasteiger partial charge in [-0.2, -0.15) is 0 Å². The van der Waals surface area contributed by atoms with Gasteiger partial charge in [0.15, 0.2) is 5.96 Å². The highest BCUT2D eigenvalue weighted by Crippen LogP contribution is 2.23. The Balaban J connectivity index is 0.00000289. The molecule has 5 N–H and O–H groups in total. The number of aliphatic hydroxyl groups excluding tert-OH is 1. The number of nitrogens with two attached hydrogens (primary N) is 2. The first-order valence-electron chi connectivity index (χ1n) is 5.64. The van der Waals surface area contributed by atoms with E-state index in [0.29, 0.717) is 0 Å². The van der Waals surface area contributed by atoms with Crippen molar-refractivity contribution < 1.29 is 5.11 Å². The van der Waals surface area contributed by atoms with Crippen molar-refractivity contribution in [2.24, 2.45) is 16.5 Å². The molecule has 0 aliphatic heterocycles. The maximum atomic E-state index is 9.84. The second-order valence-electron chi connectivity index (χ2n) is 5.15. The Kier molecular flexibility index (Phi) is 6.62. The standard InChI is InChI=1S/C13H21N3O.HI/c1-13(2,3)10-6-4-9(5-7-10)11(17)8-16-12(14)15;/h4-7,11,17H,8H2,1-3H3,(H4,14,15,16);1H. The molecule has 0 radical (unpaired) electrons. The van der Waals surface area contributed by atoms with Gasteiger partial charge < -0.3 is 16.6 Å². The van der Waals surface area contributed by atoms with E-state index in [4.69, 9.17) is 11.5 Å². The molecule has 1 atom stereocenters. The molecule has 0 spiro atoms. The Morgan fingerprint density at radius 2 is 1.72 bits per heavy atom. The fourth-order valence-electron chi connectivity index (χ4n) is 1.50. The molecule has 0 heterocycles. The minimum atomic E-state index is -0.661. The number of aliphatic imine (C=N–C) groups is 1. The topological polar surface area (TPSA) is 84.6 Å². The average molecular weight is 363 g/mol. The van der Waals surface area contributed by atoms with Gasteiger partial charge in [0.2, 0.25) is 0 Å². The van der Waals surface area contributed by atoms with Gasteiger partial charge in [0.05, 0.1) is 12.6 Å². The zero-order valence-corrected chi connectivity index (χ0v) is 13.4. The molecule has 5 heteroatoms. The Morgan fingerprint density at radius 3 is 2.11 bits per heavy atom. The summed E-state index contributed by atoms with van der Waals surface area (Å²) in [6, 6.07) is 7.86. The third-order valence-corrected chi connectivity index (χ3v) is 2.61. The molecule has 0 amide bonds. The third kappa shape index (κ3) is 5.22. The van der Waals surface area contributed by atoms with E-state index in [1.807, 2.05) is 24.3 Å². The molecular weight excluding hydrogens is 341 g/mol. The highest BCUT2D eigenvalue weighted by atomic mass is 127. The fourth-order valence-corrected chi connectivity index (χ4v) is 1.50. The van der Waals surface area contributed by atoms with Crippen molar-refractivity contribution in [2.75, 3.05) is 6.54 Å². The summed E-state index contributed by atoms with van der Waals surface area (Å²) < 4.78 is 0. The molecule has 18 heavy (non-hydrogen) atoms. The number of benzene rings is 1. The number of hydrogen-bond acceptors (Lipinski definition) is 2. The summed E-state index contributed by atoms with van der Waals surface area (Å²) in [7, 11) is 0. The van der Waals surface area contributed by atoms with Gasteiger partial charge in [0.25, 0.3) is 0 Å². The third-order valence-electron chi connectivity index (χ3n) is 2.61. The van der Waals surface area contributed by atoms with Gasteiger partial charge in [-0.3, -0.25) is 4.99 Å². The van der Waals surface area contributed by atoms with Crippen LogP contribution in [0.3, 0.4) is 0 Å². The van der Waals surface area contributed by atoms with Crippen molar-refractivity contribution in [3.05, 3.63) is 35.4 Å². The van der Waals surface area contributed by atoms with E-state index in [-0.39, 0.29) is 41.9 Å². The number of aliphatic hydroxyl groups is 1. The van der Waals surface area contributed by atoms with Crippen molar-refractivity contribution in [1.82, 2.24) is 0 Å². The van der Waals surface area contributed by atoms with Gasteiger partial charge in [-0.15, -0.1) is 24.0 Å². The van der Waals surface area contributed by atoms with Crippen LogP contribution >= 0.6 is 24.0 Å². The van der Waals surface area contributed by atoms with Crippen LogP contribution in [0.4, 0.5) is 0 Å². The summed E-state index contributed by atoms with van der Waals surface area (Å²) in [6.45, 7) is 6.64. The van der Waals surface area contributed by atoms with Crippen LogP contribution in [0.25, 0.3) is 0 Å². The summed E-state index contributed by atoms with van der Waals surface area (Å²) >= 11 is 0. The monoisotopic (exact) mass is 363 g/mol. The van der Waals surface area contributed by atoms with Gasteiger partial charge in [-0.1, -0.05) is 45.0 Å². The summed E-state index contributed by atoms with van der Waals surface area (Å²) in [5, 5.41) is 9.84. The van der Waals surface area contributed by atoms with E-state index in [1.165, 1.54) is 5.56 Å². The van der Waals surface area contributed by atoms with Crippen LogP contribution in [0.1, 0.15) is 38.0 Å². The second kappa shape index (κ2) is 6.94. The van der Waals surface area contributed by atoms with E-state index >= 15 is 0 Å². The lowest BCUT2D eigenvalue weighted by molar-refractivity contribution is 0.187. The molecule has 0 saturated heterocycles. The maximum Gasteiger partial charge on any atom is 0.186 e. The first-order chi connectivity index (χ1) is 7.80. The summed E-state index contributed by atoms with van der Waals surface area (Å²) in [5.74, 6) is -0.00429. The predicted molar refractivity (Wildman–Crippen MR) is 86.2 cm³/mol. The van der Waals surface area contributed by atoms with Crippen LogP contribution in [0, 0.1) is 0 Å². The maximum absolute atomic E-state index is 9.84. The fraction of sp³-hybridized carbons (Fsp3) is 0.462. The molecule has 0 aromatic heterocycles. The number of rotatable bonds is 3. The van der Waals surface area contributed by atoms with E-state index in [2.05, 4.69) is 25.8 Å². The van der Waals surface area contributed by atoms with Gasteiger partial charge >= 0.3 is 0 Å². The molecule has 1 rings (SSSR count). The molecule has 0 saturated carbocycles. The van der Waals surface area contributed by atoms with Gasteiger partial charge in [-0.05, 0) is 16.5 Å². The van der Waals surface area contributed by atoms with E-state index in [0.717, 1.165) is 5.56 Å². The van der Waals surface area contributed by atoms with Crippen molar-refractivity contribution in [3.8, 4) is 0 Å². The molecule has 0 aliphatic carbocycles.